The van der Waals surface area contributed by atoms with Gasteiger partial charge in [-0.15, -0.1) is 0 Å². The van der Waals surface area contributed by atoms with Crippen LogP contribution in [0.25, 0.3) is 10.9 Å². The number of sulfonamides is 1. The average Bonchev–Trinajstić information content (AvgIpc) is 3.98. The minimum absolute atomic E-state index is 0.00819. The van der Waals surface area contributed by atoms with Crippen molar-refractivity contribution in [2.75, 3.05) is 6.54 Å². The van der Waals surface area contributed by atoms with Gasteiger partial charge in [-0.3, -0.25) is 19.1 Å². The number of carbonyl (C=O) groups excluding carboxylic acids is 4. The van der Waals surface area contributed by atoms with Crippen LogP contribution in [0.5, 0.6) is 5.75 Å². The molecule has 1 saturated heterocycles. The first-order chi connectivity index (χ1) is 25.4. The Labute approximate surface area is 315 Å². The molecular weight excluding hydrogens is 718 g/mol. The topological polar surface area (TPSA) is 173 Å². The Morgan fingerprint density at radius 2 is 1.87 bits per heavy atom. The van der Waals surface area contributed by atoms with Gasteiger partial charge < -0.3 is 25.0 Å². The summed E-state index contributed by atoms with van der Waals surface area (Å²) < 4.78 is 54.6. The number of nitrogens with one attached hydrogen (secondary N) is 3. The molecule has 292 valence electrons. The summed E-state index contributed by atoms with van der Waals surface area (Å²) in [6, 6.07) is 2.62. The number of aromatic nitrogens is 1. The Morgan fingerprint density at radius 3 is 2.59 bits per heavy atom. The molecule has 3 aliphatic heterocycles. The summed E-state index contributed by atoms with van der Waals surface area (Å²) in [6.07, 6.45) is 8.14. The van der Waals surface area contributed by atoms with Crippen LogP contribution < -0.4 is 20.1 Å². The van der Waals surface area contributed by atoms with E-state index >= 15 is 0 Å². The first-order valence-corrected chi connectivity index (χ1v) is 20.5. The Morgan fingerprint density at radius 1 is 1.11 bits per heavy atom. The van der Waals surface area contributed by atoms with Crippen molar-refractivity contribution in [2.24, 2.45) is 5.92 Å². The van der Waals surface area contributed by atoms with Crippen molar-refractivity contribution in [3.63, 3.8) is 0 Å². The molecule has 7 rings (SSSR count). The van der Waals surface area contributed by atoms with Gasteiger partial charge in [0.1, 0.15) is 45.9 Å². The van der Waals surface area contributed by atoms with E-state index in [1.807, 2.05) is 12.2 Å². The van der Waals surface area contributed by atoms with Crippen LogP contribution in [0.15, 0.2) is 30.4 Å². The number of halogens is 1. The molecule has 4 amide bonds. The number of alkyl carbamates (subject to hydrolysis) is 1. The number of para-hydroxylation sites is 1. The first kappa shape index (κ1) is 38.0. The van der Waals surface area contributed by atoms with Crippen LogP contribution in [0.4, 0.5) is 9.18 Å². The average molecular weight is 768 g/mol. The van der Waals surface area contributed by atoms with Crippen LogP contribution in [-0.4, -0.2) is 82.2 Å². The Kier molecular flexibility index (Phi) is 9.50. The summed E-state index contributed by atoms with van der Waals surface area (Å²) in [6.45, 7) is 8.48. The third-order valence-electron chi connectivity index (χ3n) is 11.6. The molecule has 15 heteroatoms. The number of nitrogens with zero attached hydrogens (tertiary/aromatic N) is 2. The summed E-state index contributed by atoms with van der Waals surface area (Å²) in [7, 11) is -4.00. The number of rotatable bonds is 4. The van der Waals surface area contributed by atoms with Crippen LogP contribution in [0.1, 0.15) is 103 Å². The molecule has 0 bridgehead atoms. The minimum Gasteiger partial charge on any atom is -0.483 e. The normalized spacial score (nSPS) is 29.4. The quantitative estimate of drug-likeness (QED) is 0.375. The van der Waals surface area contributed by atoms with E-state index < -0.39 is 79.1 Å². The van der Waals surface area contributed by atoms with E-state index in [9.17, 15) is 32.0 Å². The number of hydrogen-bond acceptors (Lipinski definition) is 9. The lowest BCUT2D eigenvalue weighted by molar-refractivity contribution is -0.141. The lowest BCUT2D eigenvalue weighted by atomic mass is 9.87. The van der Waals surface area contributed by atoms with Gasteiger partial charge in [0.2, 0.25) is 21.8 Å². The van der Waals surface area contributed by atoms with Gasteiger partial charge in [-0.25, -0.2) is 22.6 Å². The van der Waals surface area contributed by atoms with E-state index in [2.05, 4.69) is 20.3 Å². The van der Waals surface area contributed by atoms with Crippen LogP contribution in [0.2, 0.25) is 0 Å². The molecule has 1 aromatic heterocycles. The first-order valence-electron chi connectivity index (χ1n) is 19.0. The molecular formula is C39H50FN5O8S. The van der Waals surface area contributed by atoms with Crippen molar-refractivity contribution in [2.45, 2.75) is 139 Å². The van der Waals surface area contributed by atoms with Crippen LogP contribution >= 0.6 is 0 Å². The second kappa shape index (κ2) is 13.5. The molecule has 5 aliphatic rings. The maximum atomic E-state index is 14.8. The predicted molar refractivity (Wildman–Crippen MR) is 197 cm³/mol. The molecule has 2 saturated carbocycles. The van der Waals surface area contributed by atoms with E-state index in [1.54, 1.807) is 46.8 Å². The molecule has 2 aliphatic carbocycles. The fraction of sp³-hybridized carbons (Fsp3) is 0.615. The second-order valence-corrected chi connectivity index (χ2v) is 19.2. The predicted octanol–water partition coefficient (Wildman–Crippen LogP) is 4.63. The van der Waals surface area contributed by atoms with Gasteiger partial charge in [0, 0.05) is 23.3 Å². The molecule has 13 nitrogen and oxygen atoms in total. The highest BCUT2D eigenvalue weighted by Crippen LogP contribution is 2.49. The number of carbonyl (C=O) groups is 4. The number of pyridine rings is 1. The highest BCUT2D eigenvalue weighted by atomic mass is 32.2. The summed E-state index contributed by atoms with van der Waals surface area (Å²) in [5, 5.41) is 6.30. The van der Waals surface area contributed by atoms with Crippen molar-refractivity contribution < 1.29 is 41.5 Å². The molecule has 5 unspecified atom stereocenters. The third kappa shape index (κ3) is 7.15. The van der Waals surface area contributed by atoms with Gasteiger partial charge >= 0.3 is 6.09 Å². The number of amides is 4. The minimum atomic E-state index is -4.00. The van der Waals surface area contributed by atoms with E-state index in [0.717, 1.165) is 18.4 Å². The molecule has 5 atom stereocenters. The molecule has 4 heterocycles. The maximum Gasteiger partial charge on any atom is 0.408 e. The number of fused-ring (bicyclic) bond motifs is 5. The van der Waals surface area contributed by atoms with Gasteiger partial charge in [0.25, 0.3) is 5.91 Å². The van der Waals surface area contributed by atoms with Crippen LogP contribution in [0.3, 0.4) is 0 Å². The van der Waals surface area contributed by atoms with Gasteiger partial charge in [0.05, 0.1) is 17.0 Å². The number of aryl methyl sites for hydroxylation is 2. The third-order valence-corrected chi connectivity index (χ3v) is 13.8. The molecule has 1 aromatic carbocycles. The zero-order valence-electron chi connectivity index (χ0n) is 31.6. The zero-order valence-corrected chi connectivity index (χ0v) is 32.4. The summed E-state index contributed by atoms with van der Waals surface area (Å²) in [5.74, 6) is -2.35. The molecule has 3 fully saturated rings. The van der Waals surface area contributed by atoms with Crippen molar-refractivity contribution in [3.8, 4) is 5.75 Å². The van der Waals surface area contributed by atoms with E-state index in [1.165, 1.54) is 11.0 Å². The van der Waals surface area contributed by atoms with Crippen LogP contribution in [-0.2, 0) is 35.6 Å². The molecule has 3 N–H and O–H groups in total. The molecule has 1 spiro atoms. The summed E-state index contributed by atoms with van der Waals surface area (Å²) in [5.41, 5.74) is -1.90. The number of ether oxygens (including phenoxy) is 2. The molecule has 0 radical (unpaired) electrons. The summed E-state index contributed by atoms with van der Waals surface area (Å²) in [4.78, 5) is 62.1. The lowest BCUT2D eigenvalue weighted by Crippen LogP contribution is -2.58. The maximum absolute atomic E-state index is 14.8. The van der Waals surface area contributed by atoms with Gasteiger partial charge in [0.15, 0.2) is 0 Å². The summed E-state index contributed by atoms with van der Waals surface area (Å²) >= 11 is 0. The Bertz CT molecular complexity index is 2050. The molecule has 54 heavy (non-hydrogen) atoms. The SMILES string of the molecule is Cc1nc2c(F)cccc2c2c1OC1(CC2)CC2C(=O)NC3(C(=O)NS(=O)(=O)C4(C)CC4)CC3C=CCCCCCC(NC(=O)OC(C)(C)C)C(=O)N2C1. The highest BCUT2D eigenvalue weighted by Gasteiger charge is 2.64. The van der Waals surface area contributed by atoms with Gasteiger partial charge in [-0.2, -0.15) is 0 Å². The Balaban J connectivity index is 1.24. The van der Waals surface area contributed by atoms with E-state index in [-0.39, 0.29) is 24.9 Å². The molecule has 2 aromatic rings. The monoisotopic (exact) mass is 767 g/mol. The van der Waals surface area contributed by atoms with E-state index in [4.69, 9.17) is 9.47 Å². The number of hydrogen-bond donors (Lipinski definition) is 3. The van der Waals surface area contributed by atoms with E-state index in [0.29, 0.717) is 61.8 Å². The number of benzene rings is 1. The zero-order chi connectivity index (χ0) is 38.8. The van der Waals surface area contributed by atoms with Crippen molar-refractivity contribution in [1.82, 2.24) is 25.2 Å². The number of allylic oxidation sites excluding steroid dienone is 1. The lowest BCUT2D eigenvalue weighted by Gasteiger charge is -2.36. The van der Waals surface area contributed by atoms with Crippen molar-refractivity contribution in [1.29, 1.82) is 0 Å². The van der Waals surface area contributed by atoms with Crippen LogP contribution in [0, 0.1) is 18.7 Å². The smallest absolute Gasteiger partial charge is 0.408 e. The fourth-order valence-electron chi connectivity index (χ4n) is 8.13. The van der Waals surface area contributed by atoms with Gasteiger partial charge in [-0.1, -0.05) is 37.1 Å². The fourth-order valence-corrected chi connectivity index (χ4v) is 9.44. The van der Waals surface area contributed by atoms with Crippen molar-refractivity contribution >= 4 is 44.7 Å². The van der Waals surface area contributed by atoms with Crippen molar-refractivity contribution in [3.05, 3.63) is 47.4 Å². The largest absolute Gasteiger partial charge is 0.483 e. The van der Waals surface area contributed by atoms with Gasteiger partial charge in [-0.05, 0) is 92.1 Å². The second-order valence-electron chi connectivity index (χ2n) is 17.0. The Hall–Kier alpha value is -4.27. The standard InChI is InChI=1S/C39H50FN5O8S/c1-23-31-26(25-13-11-14-27(40)30(25)41-23)16-17-38(52-31)21-29-32(46)43-39(34(48)44-54(50,51)37(5)18-19-37)20-24(39)12-9-7-6-8-10-15-28(33(47)45(29)22-38)42-35(49)53-36(2,3)4/h9,11-14,24,28-29H,6-8,10,15-22H2,1-5H3,(H,42,49)(H,43,46)(H,44,48). The highest BCUT2D eigenvalue weighted by molar-refractivity contribution is 7.91.